The third-order valence-electron chi connectivity index (χ3n) is 1.99. The number of morpholine rings is 1. The van der Waals surface area contributed by atoms with E-state index >= 15 is 0 Å². The molecule has 69 valence electrons. The first kappa shape index (κ1) is 8.25. The molecule has 1 saturated heterocycles. The minimum atomic E-state index is 0.261. The average Bonchev–Trinajstić information content (AvgIpc) is 2.19. The zero-order chi connectivity index (χ0) is 9.10. The van der Waals surface area contributed by atoms with Crippen LogP contribution in [0.4, 0.5) is 11.6 Å². The maximum atomic E-state index is 7.35. The summed E-state index contributed by atoms with van der Waals surface area (Å²) in [6, 6.07) is 1.67. The van der Waals surface area contributed by atoms with Crippen LogP contribution in [-0.4, -0.2) is 36.3 Å². The summed E-state index contributed by atoms with van der Waals surface area (Å²) in [5, 5.41) is 0. The molecule has 0 bridgehead atoms. The Balaban J connectivity index is 2.14. The summed E-state index contributed by atoms with van der Waals surface area (Å²) in [7, 11) is 0. The van der Waals surface area contributed by atoms with E-state index in [4.69, 9.17) is 10.5 Å². The monoisotopic (exact) mass is 179 g/mol. The lowest BCUT2D eigenvalue weighted by molar-refractivity contribution is 0.122. The highest BCUT2D eigenvalue weighted by atomic mass is 16.5. The molecule has 1 radical (unpaired) electrons. The van der Waals surface area contributed by atoms with Gasteiger partial charge in [0.1, 0.15) is 18.0 Å². The van der Waals surface area contributed by atoms with E-state index in [1.165, 1.54) is 6.33 Å². The Morgan fingerprint density at radius 1 is 1.31 bits per heavy atom. The van der Waals surface area contributed by atoms with Crippen molar-refractivity contribution in [3.05, 3.63) is 12.4 Å². The van der Waals surface area contributed by atoms with E-state index in [0.717, 1.165) is 32.1 Å². The SMILES string of the molecule is [NH]c1cc(N2CCOCC2)ncn1. The Morgan fingerprint density at radius 2 is 2.08 bits per heavy atom. The van der Waals surface area contributed by atoms with Crippen LogP contribution in [0.5, 0.6) is 0 Å². The molecule has 2 heterocycles. The van der Waals surface area contributed by atoms with Gasteiger partial charge in [-0.25, -0.2) is 9.97 Å². The van der Waals surface area contributed by atoms with Crippen LogP contribution in [0.3, 0.4) is 0 Å². The van der Waals surface area contributed by atoms with E-state index in [-0.39, 0.29) is 5.82 Å². The van der Waals surface area contributed by atoms with Gasteiger partial charge in [0.2, 0.25) is 0 Å². The lowest BCUT2D eigenvalue weighted by atomic mass is 10.4. The molecule has 1 aliphatic heterocycles. The molecule has 0 aromatic carbocycles. The van der Waals surface area contributed by atoms with Crippen LogP contribution in [0.1, 0.15) is 0 Å². The van der Waals surface area contributed by atoms with Crippen molar-refractivity contribution in [2.45, 2.75) is 0 Å². The molecule has 1 aromatic rings. The van der Waals surface area contributed by atoms with Crippen molar-refractivity contribution in [3.8, 4) is 0 Å². The van der Waals surface area contributed by atoms with Crippen LogP contribution in [0, 0.1) is 0 Å². The van der Waals surface area contributed by atoms with Gasteiger partial charge < -0.3 is 9.64 Å². The fourth-order valence-corrected chi connectivity index (χ4v) is 1.31. The van der Waals surface area contributed by atoms with Gasteiger partial charge in [0, 0.05) is 19.2 Å². The number of anilines is 1. The fraction of sp³-hybridized carbons (Fsp3) is 0.500. The summed E-state index contributed by atoms with van der Waals surface area (Å²) in [6.07, 6.45) is 1.42. The van der Waals surface area contributed by atoms with Crippen molar-refractivity contribution in [2.24, 2.45) is 0 Å². The first-order valence-electron chi connectivity index (χ1n) is 4.22. The Kier molecular flexibility index (Phi) is 2.27. The normalized spacial score (nSPS) is 17.4. The van der Waals surface area contributed by atoms with Crippen LogP contribution in [0.25, 0.3) is 0 Å². The topological polar surface area (TPSA) is 62.0 Å². The highest BCUT2D eigenvalue weighted by Gasteiger charge is 2.12. The quantitative estimate of drug-likeness (QED) is 0.619. The summed E-state index contributed by atoms with van der Waals surface area (Å²) in [4.78, 5) is 9.94. The number of hydrogen-bond donors (Lipinski definition) is 0. The number of nitrogens with zero attached hydrogens (tertiary/aromatic N) is 3. The largest absolute Gasteiger partial charge is 0.378 e. The van der Waals surface area contributed by atoms with Crippen LogP contribution in [0.15, 0.2) is 12.4 Å². The molecule has 0 saturated carbocycles. The molecule has 5 heteroatoms. The van der Waals surface area contributed by atoms with E-state index in [2.05, 4.69) is 14.9 Å². The van der Waals surface area contributed by atoms with Crippen LogP contribution in [-0.2, 0) is 4.74 Å². The Morgan fingerprint density at radius 3 is 2.77 bits per heavy atom. The summed E-state index contributed by atoms with van der Waals surface area (Å²) >= 11 is 0. The molecular formula is C8H11N4O. The smallest absolute Gasteiger partial charge is 0.149 e. The maximum Gasteiger partial charge on any atom is 0.149 e. The van der Waals surface area contributed by atoms with Gasteiger partial charge in [-0.05, 0) is 0 Å². The molecule has 0 atom stereocenters. The standard InChI is InChI=1S/C8H11N4O/c9-7-5-8(11-6-10-7)12-1-3-13-4-2-12/h5-6,9H,1-4H2. The average molecular weight is 179 g/mol. The third-order valence-corrected chi connectivity index (χ3v) is 1.99. The van der Waals surface area contributed by atoms with E-state index in [1.807, 2.05) is 0 Å². The van der Waals surface area contributed by atoms with Gasteiger partial charge in [-0.2, -0.15) is 0 Å². The van der Waals surface area contributed by atoms with Crippen molar-refractivity contribution in [2.75, 3.05) is 31.2 Å². The highest BCUT2D eigenvalue weighted by Crippen LogP contribution is 2.13. The van der Waals surface area contributed by atoms with Crippen molar-refractivity contribution in [1.82, 2.24) is 15.7 Å². The molecule has 5 nitrogen and oxygen atoms in total. The summed E-state index contributed by atoms with van der Waals surface area (Å²) in [6.45, 7) is 3.15. The molecule has 0 unspecified atom stereocenters. The predicted molar refractivity (Wildman–Crippen MR) is 47.8 cm³/mol. The summed E-state index contributed by atoms with van der Waals surface area (Å²) < 4.78 is 5.22. The maximum absolute atomic E-state index is 7.35. The highest BCUT2D eigenvalue weighted by molar-refractivity contribution is 5.44. The van der Waals surface area contributed by atoms with Crippen LogP contribution in [0.2, 0.25) is 0 Å². The van der Waals surface area contributed by atoms with Crippen molar-refractivity contribution >= 4 is 11.6 Å². The van der Waals surface area contributed by atoms with Gasteiger partial charge in [-0.1, -0.05) is 0 Å². The second-order valence-corrected chi connectivity index (χ2v) is 2.86. The van der Waals surface area contributed by atoms with Crippen molar-refractivity contribution in [1.29, 1.82) is 0 Å². The van der Waals surface area contributed by atoms with Gasteiger partial charge >= 0.3 is 0 Å². The number of ether oxygens (including phenoxy) is 1. The van der Waals surface area contributed by atoms with E-state index in [9.17, 15) is 0 Å². The molecule has 13 heavy (non-hydrogen) atoms. The zero-order valence-corrected chi connectivity index (χ0v) is 7.23. The van der Waals surface area contributed by atoms with E-state index in [0.29, 0.717) is 0 Å². The van der Waals surface area contributed by atoms with E-state index in [1.54, 1.807) is 6.07 Å². The van der Waals surface area contributed by atoms with E-state index < -0.39 is 0 Å². The van der Waals surface area contributed by atoms with Crippen molar-refractivity contribution in [3.63, 3.8) is 0 Å². The molecule has 0 amide bonds. The van der Waals surface area contributed by atoms with Gasteiger partial charge in [-0.15, -0.1) is 0 Å². The Hall–Kier alpha value is -1.36. The zero-order valence-electron chi connectivity index (χ0n) is 7.23. The predicted octanol–water partition coefficient (Wildman–Crippen LogP) is 0.228. The molecule has 0 aliphatic carbocycles. The van der Waals surface area contributed by atoms with Gasteiger partial charge in [0.15, 0.2) is 0 Å². The molecular weight excluding hydrogens is 168 g/mol. The van der Waals surface area contributed by atoms with Crippen LogP contribution < -0.4 is 10.6 Å². The molecule has 1 aromatic heterocycles. The molecule has 1 fully saturated rings. The molecule has 1 N–H and O–H groups in total. The third kappa shape index (κ3) is 1.86. The lowest BCUT2D eigenvalue weighted by Gasteiger charge is -2.27. The molecule has 2 rings (SSSR count). The Labute approximate surface area is 76.5 Å². The van der Waals surface area contributed by atoms with Gasteiger partial charge in [0.05, 0.1) is 13.2 Å². The van der Waals surface area contributed by atoms with Crippen LogP contribution >= 0.6 is 0 Å². The first-order valence-corrected chi connectivity index (χ1v) is 4.22. The minimum Gasteiger partial charge on any atom is -0.378 e. The summed E-state index contributed by atoms with van der Waals surface area (Å²) in [5.74, 6) is 1.08. The van der Waals surface area contributed by atoms with Gasteiger partial charge in [-0.3, -0.25) is 5.73 Å². The summed E-state index contributed by atoms with van der Waals surface area (Å²) in [5.41, 5.74) is 7.35. The second kappa shape index (κ2) is 3.57. The molecule has 0 spiro atoms. The number of rotatable bonds is 1. The number of aromatic nitrogens is 2. The second-order valence-electron chi connectivity index (χ2n) is 2.86. The van der Waals surface area contributed by atoms with Crippen molar-refractivity contribution < 1.29 is 4.74 Å². The fourth-order valence-electron chi connectivity index (χ4n) is 1.31. The Bertz CT molecular complexity index is 285. The minimum absolute atomic E-state index is 0.261. The number of hydrogen-bond acceptors (Lipinski definition) is 4. The molecule has 1 aliphatic rings. The first-order chi connectivity index (χ1) is 6.36. The lowest BCUT2D eigenvalue weighted by Crippen LogP contribution is -2.36. The number of nitrogens with one attached hydrogen (secondary N) is 1. The van der Waals surface area contributed by atoms with Gasteiger partial charge in [0.25, 0.3) is 0 Å².